The molecule has 0 unspecified atom stereocenters. The summed E-state index contributed by atoms with van der Waals surface area (Å²) < 4.78 is 0. The average Bonchev–Trinajstić information content (AvgIpc) is 1.52. The standard InChI is InChI=1S/C85H56/c1-5-22-57(23-6-1)65-48-66(58-24-7-2-8-25-58)50-67(49-65)61-40-42-62(43-41-61)70-52-71(56-73(55-70)76-35-21-39-83-84(76)79-34-17-20-38-82(79)85(83)80-36-18-15-32-77(80)78-33-16-19-37-81(78)85)63-44-46-64(47-45-63)74-30-13-14-31-75(74)72-53-68(59-26-9-3-10-27-59)51-69(54-72)60-28-11-4-12-29-60/h1-56H. The van der Waals surface area contributed by atoms with Gasteiger partial charge in [0.1, 0.15) is 0 Å². The minimum atomic E-state index is -0.443. The lowest BCUT2D eigenvalue weighted by Crippen LogP contribution is -2.25. The number of rotatable bonds is 10. The summed E-state index contributed by atoms with van der Waals surface area (Å²) in [4.78, 5) is 0. The predicted molar refractivity (Wildman–Crippen MR) is 357 cm³/mol. The summed E-state index contributed by atoms with van der Waals surface area (Å²) in [6.07, 6.45) is 0. The Kier molecular flexibility index (Phi) is 12.2. The van der Waals surface area contributed by atoms with Gasteiger partial charge in [0, 0.05) is 0 Å². The van der Waals surface area contributed by atoms with Crippen molar-refractivity contribution >= 4 is 0 Å². The molecule has 85 heavy (non-hydrogen) atoms. The van der Waals surface area contributed by atoms with E-state index in [0.29, 0.717) is 0 Å². The minimum Gasteiger partial charge on any atom is -0.0622 e. The van der Waals surface area contributed by atoms with Crippen LogP contribution in [-0.4, -0.2) is 0 Å². The Hall–Kier alpha value is -10.9. The second-order valence-electron chi connectivity index (χ2n) is 22.7. The molecule has 2 aliphatic rings. The van der Waals surface area contributed by atoms with Crippen molar-refractivity contribution in [3.05, 3.63) is 362 Å². The molecule has 0 heterocycles. The van der Waals surface area contributed by atoms with Crippen molar-refractivity contribution < 1.29 is 0 Å². The lowest BCUT2D eigenvalue weighted by molar-refractivity contribution is 0.794. The highest BCUT2D eigenvalue weighted by Crippen LogP contribution is 2.64. The predicted octanol–water partition coefficient (Wildman–Crippen LogP) is 22.7. The molecule has 0 saturated heterocycles. The van der Waals surface area contributed by atoms with E-state index in [1.165, 1.54) is 139 Å². The van der Waals surface area contributed by atoms with Gasteiger partial charge in [0.15, 0.2) is 0 Å². The van der Waals surface area contributed by atoms with E-state index < -0.39 is 5.41 Å². The summed E-state index contributed by atoms with van der Waals surface area (Å²) in [5.41, 5.74) is 33.9. The van der Waals surface area contributed by atoms with Crippen LogP contribution in [0.4, 0.5) is 0 Å². The first-order valence-electron chi connectivity index (χ1n) is 29.5. The van der Waals surface area contributed by atoms with Crippen LogP contribution < -0.4 is 0 Å². The van der Waals surface area contributed by atoms with E-state index in [0.717, 1.165) is 16.7 Å². The maximum atomic E-state index is 2.43. The first-order chi connectivity index (χ1) is 42.1. The zero-order chi connectivity index (χ0) is 56.3. The van der Waals surface area contributed by atoms with Crippen LogP contribution in [0.3, 0.4) is 0 Å². The molecule has 0 aromatic heterocycles. The van der Waals surface area contributed by atoms with Gasteiger partial charge < -0.3 is 0 Å². The fourth-order valence-electron chi connectivity index (χ4n) is 14.0. The third kappa shape index (κ3) is 8.61. The Morgan fingerprint density at radius 3 is 0.741 bits per heavy atom. The molecule has 16 rings (SSSR count). The molecule has 0 heteroatoms. The van der Waals surface area contributed by atoms with Crippen molar-refractivity contribution in [1.29, 1.82) is 0 Å². The lowest BCUT2D eigenvalue weighted by atomic mass is 9.70. The maximum Gasteiger partial charge on any atom is 0.0725 e. The largest absolute Gasteiger partial charge is 0.0725 e. The molecule has 14 aromatic carbocycles. The molecule has 14 aromatic rings. The van der Waals surface area contributed by atoms with Gasteiger partial charge in [-0.3, -0.25) is 0 Å². The highest BCUT2D eigenvalue weighted by molar-refractivity contribution is 6.01. The van der Waals surface area contributed by atoms with Crippen LogP contribution >= 0.6 is 0 Å². The van der Waals surface area contributed by atoms with Gasteiger partial charge in [0.2, 0.25) is 0 Å². The topological polar surface area (TPSA) is 0 Å². The number of hydrogen-bond donors (Lipinski definition) is 0. The second kappa shape index (κ2) is 20.8. The highest BCUT2D eigenvalue weighted by Gasteiger charge is 2.52. The Bertz CT molecular complexity index is 4660. The zero-order valence-corrected chi connectivity index (χ0v) is 46.8. The Labute approximate surface area is 498 Å². The van der Waals surface area contributed by atoms with E-state index >= 15 is 0 Å². The lowest BCUT2D eigenvalue weighted by Gasteiger charge is -2.30. The molecule has 0 radical (unpaired) electrons. The summed E-state index contributed by atoms with van der Waals surface area (Å²) in [7, 11) is 0. The molecule has 0 N–H and O–H groups in total. The quantitative estimate of drug-likeness (QED) is 0.128. The van der Waals surface area contributed by atoms with Crippen LogP contribution in [-0.2, 0) is 5.41 Å². The normalized spacial score (nSPS) is 12.3. The summed E-state index contributed by atoms with van der Waals surface area (Å²) in [6, 6.07) is 126. The van der Waals surface area contributed by atoms with Crippen molar-refractivity contribution in [2.24, 2.45) is 0 Å². The molecule has 0 fully saturated rings. The van der Waals surface area contributed by atoms with Crippen LogP contribution in [0.15, 0.2) is 340 Å². The molecule has 396 valence electrons. The monoisotopic (exact) mass is 1080 g/mol. The van der Waals surface area contributed by atoms with Crippen LogP contribution in [0.2, 0.25) is 0 Å². The van der Waals surface area contributed by atoms with Crippen molar-refractivity contribution in [1.82, 2.24) is 0 Å². The van der Waals surface area contributed by atoms with Gasteiger partial charge in [-0.05, 0) is 210 Å². The van der Waals surface area contributed by atoms with Gasteiger partial charge in [-0.15, -0.1) is 0 Å². The van der Waals surface area contributed by atoms with E-state index in [4.69, 9.17) is 0 Å². The zero-order valence-electron chi connectivity index (χ0n) is 46.8. The van der Waals surface area contributed by atoms with Gasteiger partial charge in [-0.25, -0.2) is 0 Å². The van der Waals surface area contributed by atoms with Crippen LogP contribution in [0, 0.1) is 0 Å². The van der Waals surface area contributed by atoms with Crippen LogP contribution in [0.25, 0.3) is 134 Å². The summed E-state index contributed by atoms with van der Waals surface area (Å²) in [5.74, 6) is 0. The first-order valence-corrected chi connectivity index (χ1v) is 29.5. The molecule has 0 amide bonds. The van der Waals surface area contributed by atoms with Crippen LogP contribution in [0.1, 0.15) is 22.3 Å². The number of fused-ring (bicyclic) bond motifs is 10. The van der Waals surface area contributed by atoms with Gasteiger partial charge in [-0.1, -0.05) is 285 Å². The fourth-order valence-corrected chi connectivity index (χ4v) is 14.0. The van der Waals surface area contributed by atoms with Gasteiger partial charge in [0.05, 0.1) is 5.41 Å². The summed E-state index contributed by atoms with van der Waals surface area (Å²) in [5, 5.41) is 0. The molecule has 0 nitrogen and oxygen atoms in total. The molecule has 0 aliphatic heterocycles. The molecule has 0 atom stereocenters. The third-order valence-electron chi connectivity index (χ3n) is 17.9. The van der Waals surface area contributed by atoms with Crippen molar-refractivity contribution in [2.75, 3.05) is 0 Å². The average molecular weight is 1080 g/mol. The molecule has 2 aliphatic carbocycles. The van der Waals surface area contributed by atoms with Gasteiger partial charge >= 0.3 is 0 Å². The van der Waals surface area contributed by atoms with E-state index in [1.807, 2.05) is 0 Å². The van der Waals surface area contributed by atoms with Crippen molar-refractivity contribution in [3.63, 3.8) is 0 Å². The van der Waals surface area contributed by atoms with Crippen LogP contribution in [0.5, 0.6) is 0 Å². The van der Waals surface area contributed by atoms with E-state index in [-0.39, 0.29) is 0 Å². The summed E-state index contributed by atoms with van der Waals surface area (Å²) in [6.45, 7) is 0. The SMILES string of the molecule is c1ccc(-c2cc(-c3ccccc3)cc(-c3ccc(-c4cc(-c5ccc(-c6ccccc6-c6cc(-c7ccccc7)cc(-c7ccccc7)c6)cc5)cc(-c5cccc6c5-c5ccccc5C65c6ccccc6-c6ccccc65)c4)cc3)c2)cc1. The molecular weight excluding hydrogens is 1020 g/mol. The molecule has 0 saturated carbocycles. The Morgan fingerprint density at radius 2 is 0.365 bits per heavy atom. The fraction of sp³-hybridized carbons (Fsp3) is 0.0118. The smallest absolute Gasteiger partial charge is 0.0622 e. The van der Waals surface area contributed by atoms with E-state index in [9.17, 15) is 0 Å². The summed E-state index contributed by atoms with van der Waals surface area (Å²) >= 11 is 0. The number of benzene rings is 14. The van der Waals surface area contributed by atoms with Gasteiger partial charge in [-0.2, -0.15) is 0 Å². The Morgan fingerprint density at radius 1 is 0.129 bits per heavy atom. The first kappa shape index (κ1) is 49.9. The molecular formula is C85H56. The second-order valence-corrected chi connectivity index (χ2v) is 22.7. The van der Waals surface area contributed by atoms with E-state index in [1.54, 1.807) is 0 Å². The van der Waals surface area contributed by atoms with Crippen molar-refractivity contribution in [3.8, 4) is 134 Å². The van der Waals surface area contributed by atoms with E-state index in [2.05, 4.69) is 340 Å². The molecule has 0 bridgehead atoms. The highest BCUT2D eigenvalue weighted by atomic mass is 14.5. The van der Waals surface area contributed by atoms with Crippen molar-refractivity contribution in [2.45, 2.75) is 5.41 Å². The molecule has 1 spiro atoms. The third-order valence-corrected chi connectivity index (χ3v) is 17.9. The Balaban J connectivity index is 0.842. The van der Waals surface area contributed by atoms with Gasteiger partial charge in [0.25, 0.3) is 0 Å². The maximum absolute atomic E-state index is 2.43. The minimum absolute atomic E-state index is 0.443. The number of hydrogen-bond acceptors (Lipinski definition) is 0.